The van der Waals surface area contributed by atoms with Crippen LogP contribution in [0.15, 0.2) is 12.1 Å². The van der Waals surface area contributed by atoms with E-state index in [1.54, 1.807) is 0 Å². The van der Waals surface area contributed by atoms with Crippen molar-refractivity contribution in [2.45, 2.75) is 40.4 Å². The summed E-state index contributed by atoms with van der Waals surface area (Å²) in [7, 11) is -1.47. The first-order valence-corrected chi connectivity index (χ1v) is 8.47. The topological polar surface area (TPSA) is 9.23 Å². The molecule has 0 heterocycles. The standard InChI is InChI=1S/C12H20OSi/c1-9-7-11(3)12(8-10(9)2)13-14(4,5)6/h7-8H,1-6H3. The van der Waals surface area contributed by atoms with Gasteiger partial charge in [-0.3, -0.25) is 0 Å². The van der Waals surface area contributed by atoms with E-state index in [1.165, 1.54) is 16.7 Å². The van der Waals surface area contributed by atoms with Crippen LogP contribution >= 0.6 is 0 Å². The monoisotopic (exact) mass is 208 g/mol. The third-order valence-corrected chi connectivity index (χ3v) is 3.04. The van der Waals surface area contributed by atoms with E-state index < -0.39 is 8.32 Å². The van der Waals surface area contributed by atoms with Gasteiger partial charge in [0, 0.05) is 0 Å². The second-order valence-corrected chi connectivity index (χ2v) is 9.35. The molecule has 1 rings (SSSR count). The predicted molar refractivity (Wildman–Crippen MR) is 64.6 cm³/mol. The van der Waals surface area contributed by atoms with Crippen LogP contribution in [0.5, 0.6) is 5.75 Å². The van der Waals surface area contributed by atoms with E-state index in [9.17, 15) is 0 Å². The zero-order valence-electron chi connectivity index (χ0n) is 10.1. The van der Waals surface area contributed by atoms with Crippen LogP contribution in [-0.2, 0) is 0 Å². The number of rotatable bonds is 2. The van der Waals surface area contributed by atoms with Crippen molar-refractivity contribution in [2.24, 2.45) is 0 Å². The second-order valence-electron chi connectivity index (χ2n) is 4.92. The lowest BCUT2D eigenvalue weighted by Crippen LogP contribution is -2.29. The summed E-state index contributed by atoms with van der Waals surface area (Å²) in [5, 5.41) is 0. The Kier molecular flexibility index (Phi) is 3.05. The summed E-state index contributed by atoms with van der Waals surface area (Å²) in [6.07, 6.45) is 0. The summed E-state index contributed by atoms with van der Waals surface area (Å²) in [5.41, 5.74) is 3.89. The summed E-state index contributed by atoms with van der Waals surface area (Å²) < 4.78 is 6.01. The zero-order chi connectivity index (χ0) is 10.9. The van der Waals surface area contributed by atoms with Crippen molar-refractivity contribution in [2.75, 3.05) is 0 Å². The lowest BCUT2D eigenvalue weighted by Gasteiger charge is -2.21. The Balaban J connectivity index is 3.04. The van der Waals surface area contributed by atoms with E-state index in [1.807, 2.05) is 0 Å². The fraction of sp³-hybridized carbons (Fsp3) is 0.500. The minimum Gasteiger partial charge on any atom is -0.544 e. The van der Waals surface area contributed by atoms with Crippen molar-refractivity contribution in [1.82, 2.24) is 0 Å². The van der Waals surface area contributed by atoms with Crippen molar-refractivity contribution >= 4 is 8.32 Å². The van der Waals surface area contributed by atoms with Gasteiger partial charge in [0.15, 0.2) is 0 Å². The smallest absolute Gasteiger partial charge is 0.242 e. The molecule has 14 heavy (non-hydrogen) atoms. The Bertz CT molecular complexity index is 337. The summed E-state index contributed by atoms with van der Waals surface area (Å²) in [4.78, 5) is 0. The summed E-state index contributed by atoms with van der Waals surface area (Å²) in [5.74, 6) is 1.06. The minimum absolute atomic E-state index is 1.06. The molecule has 1 aromatic carbocycles. The van der Waals surface area contributed by atoms with Crippen molar-refractivity contribution in [3.05, 3.63) is 28.8 Å². The highest BCUT2D eigenvalue weighted by atomic mass is 28.4. The first kappa shape index (κ1) is 11.3. The van der Waals surface area contributed by atoms with Crippen LogP contribution in [0.4, 0.5) is 0 Å². The van der Waals surface area contributed by atoms with E-state index in [0.29, 0.717) is 0 Å². The van der Waals surface area contributed by atoms with Gasteiger partial charge in [0.1, 0.15) is 5.75 Å². The molecule has 0 spiro atoms. The highest BCUT2D eigenvalue weighted by Crippen LogP contribution is 2.24. The molecule has 0 amide bonds. The molecule has 1 nitrogen and oxygen atoms in total. The molecule has 0 bridgehead atoms. The Morgan fingerprint density at radius 1 is 0.857 bits per heavy atom. The molecule has 0 fully saturated rings. The van der Waals surface area contributed by atoms with Crippen LogP contribution in [0.25, 0.3) is 0 Å². The number of benzene rings is 1. The van der Waals surface area contributed by atoms with Crippen molar-refractivity contribution in [3.63, 3.8) is 0 Å². The van der Waals surface area contributed by atoms with Crippen molar-refractivity contribution in [1.29, 1.82) is 0 Å². The largest absolute Gasteiger partial charge is 0.544 e. The van der Waals surface area contributed by atoms with Gasteiger partial charge in [-0.1, -0.05) is 6.07 Å². The quantitative estimate of drug-likeness (QED) is 0.671. The van der Waals surface area contributed by atoms with Gasteiger partial charge in [-0.15, -0.1) is 0 Å². The third-order valence-electron chi connectivity index (χ3n) is 2.21. The molecule has 0 radical (unpaired) electrons. The summed E-state index contributed by atoms with van der Waals surface area (Å²) in [6, 6.07) is 4.35. The molecule has 0 atom stereocenters. The molecule has 2 heteroatoms. The zero-order valence-corrected chi connectivity index (χ0v) is 11.1. The fourth-order valence-corrected chi connectivity index (χ4v) is 2.25. The van der Waals surface area contributed by atoms with Crippen LogP contribution in [0, 0.1) is 20.8 Å². The molecule has 0 saturated heterocycles. The Morgan fingerprint density at radius 2 is 1.36 bits per heavy atom. The Hall–Kier alpha value is -0.763. The predicted octanol–water partition coefficient (Wildman–Crippen LogP) is 3.83. The van der Waals surface area contributed by atoms with Gasteiger partial charge < -0.3 is 4.43 Å². The van der Waals surface area contributed by atoms with E-state index in [0.717, 1.165) is 5.75 Å². The maximum Gasteiger partial charge on any atom is 0.242 e. The number of hydrogen-bond donors (Lipinski definition) is 0. The normalized spacial score (nSPS) is 11.6. The number of aryl methyl sites for hydroxylation is 3. The maximum atomic E-state index is 6.01. The van der Waals surface area contributed by atoms with Crippen LogP contribution in [0.2, 0.25) is 19.6 Å². The van der Waals surface area contributed by atoms with Gasteiger partial charge in [0.2, 0.25) is 8.32 Å². The Labute approximate surface area is 88.2 Å². The molecule has 1 aromatic rings. The molecule has 0 unspecified atom stereocenters. The Morgan fingerprint density at radius 3 is 1.86 bits per heavy atom. The lowest BCUT2D eigenvalue weighted by atomic mass is 10.1. The SMILES string of the molecule is Cc1cc(C)c(O[Si](C)(C)C)cc1C. The molecule has 0 aliphatic rings. The molecule has 78 valence electrons. The van der Waals surface area contributed by atoms with Crippen LogP contribution < -0.4 is 4.43 Å². The highest BCUT2D eigenvalue weighted by Gasteiger charge is 2.17. The average Bonchev–Trinajstić information content (AvgIpc) is 1.97. The first-order valence-electron chi connectivity index (χ1n) is 5.06. The molecular weight excluding hydrogens is 188 g/mol. The fourth-order valence-electron chi connectivity index (χ4n) is 1.37. The first-order chi connectivity index (χ1) is 6.29. The van der Waals surface area contributed by atoms with E-state index >= 15 is 0 Å². The summed E-state index contributed by atoms with van der Waals surface area (Å²) in [6.45, 7) is 13.0. The number of hydrogen-bond acceptors (Lipinski definition) is 1. The lowest BCUT2D eigenvalue weighted by molar-refractivity contribution is 0.552. The molecule has 0 aromatic heterocycles. The molecule has 0 aliphatic carbocycles. The van der Waals surface area contributed by atoms with Gasteiger partial charge in [0.05, 0.1) is 0 Å². The van der Waals surface area contributed by atoms with Gasteiger partial charge in [0.25, 0.3) is 0 Å². The van der Waals surface area contributed by atoms with Crippen LogP contribution in [0.3, 0.4) is 0 Å². The molecule has 0 aliphatic heterocycles. The van der Waals surface area contributed by atoms with E-state index in [2.05, 4.69) is 52.5 Å². The minimum atomic E-state index is -1.47. The third kappa shape index (κ3) is 2.88. The van der Waals surface area contributed by atoms with Gasteiger partial charge in [-0.25, -0.2) is 0 Å². The van der Waals surface area contributed by atoms with Crippen LogP contribution in [0.1, 0.15) is 16.7 Å². The van der Waals surface area contributed by atoms with Crippen molar-refractivity contribution < 1.29 is 4.43 Å². The van der Waals surface area contributed by atoms with Gasteiger partial charge in [-0.2, -0.15) is 0 Å². The van der Waals surface area contributed by atoms with Crippen molar-refractivity contribution in [3.8, 4) is 5.75 Å². The van der Waals surface area contributed by atoms with Gasteiger partial charge >= 0.3 is 0 Å². The van der Waals surface area contributed by atoms with E-state index in [4.69, 9.17) is 4.43 Å². The van der Waals surface area contributed by atoms with Crippen LogP contribution in [-0.4, -0.2) is 8.32 Å². The summed E-state index contributed by atoms with van der Waals surface area (Å²) >= 11 is 0. The maximum absolute atomic E-state index is 6.01. The molecular formula is C12H20OSi. The van der Waals surface area contributed by atoms with Gasteiger partial charge in [-0.05, 0) is 63.2 Å². The second kappa shape index (κ2) is 3.77. The average molecular weight is 208 g/mol. The molecule has 0 saturated carbocycles. The van der Waals surface area contributed by atoms with E-state index in [-0.39, 0.29) is 0 Å². The highest BCUT2D eigenvalue weighted by molar-refractivity contribution is 6.70. The molecule has 0 N–H and O–H groups in total.